The van der Waals surface area contributed by atoms with Gasteiger partial charge in [-0.1, -0.05) is 0 Å². The Hall–Kier alpha value is -1.38. The molecular weight excluding hydrogens is 232 g/mol. The van der Waals surface area contributed by atoms with Crippen molar-refractivity contribution in [2.75, 3.05) is 19.7 Å². The fourth-order valence-corrected chi connectivity index (χ4v) is 1.68. The Morgan fingerprint density at radius 1 is 1.47 bits per heavy atom. The van der Waals surface area contributed by atoms with Crippen LogP contribution in [0.5, 0.6) is 0 Å². The van der Waals surface area contributed by atoms with E-state index in [-0.39, 0.29) is 26.1 Å². The lowest BCUT2D eigenvalue weighted by molar-refractivity contribution is -0.141. The van der Waals surface area contributed by atoms with Gasteiger partial charge in [0, 0.05) is 13.0 Å². The fraction of sp³-hybridized carbons (Fsp3) is 0.778. The van der Waals surface area contributed by atoms with Crippen molar-refractivity contribution >= 4 is 12.1 Å². The predicted octanol–water partition coefficient (Wildman–Crippen LogP) is -1.47. The van der Waals surface area contributed by atoms with Crippen LogP contribution in [0, 0.1) is 0 Å². The molecule has 1 unspecified atom stereocenters. The number of nitrogens with two attached hydrogens (primary N) is 1. The van der Waals surface area contributed by atoms with Crippen molar-refractivity contribution in [3.05, 3.63) is 0 Å². The summed E-state index contributed by atoms with van der Waals surface area (Å²) in [4.78, 5) is 22.4. The summed E-state index contributed by atoms with van der Waals surface area (Å²) in [6.45, 7) is 0.00226. The molecule has 0 bridgehead atoms. The van der Waals surface area contributed by atoms with Crippen LogP contribution in [0.25, 0.3) is 0 Å². The molecule has 1 amide bonds. The van der Waals surface area contributed by atoms with E-state index in [9.17, 15) is 14.7 Å². The minimum atomic E-state index is -1.29. The van der Waals surface area contributed by atoms with E-state index in [0.29, 0.717) is 0 Å². The monoisotopic (exact) mass is 248 g/mol. The minimum absolute atomic E-state index is 0.0103. The third-order valence-electron chi connectivity index (χ3n) is 2.59. The summed E-state index contributed by atoms with van der Waals surface area (Å²) < 4.78 is 5.22. The van der Waals surface area contributed by atoms with Crippen LogP contribution in [0.2, 0.25) is 0 Å². The number of carboxylic acid groups (broad SMARTS) is 2. The molecule has 1 heterocycles. The van der Waals surface area contributed by atoms with E-state index < -0.39 is 30.3 Å². The lowest BCUT2D eigenvalue weighted by Gasteiger charge is -2.16. The van der Waals surface area contributed by atoms with Crippen molar-refractivity contribution in [2.24, 2.45) is 5.73 Å². The average Bonchev–Trinajstić information content (AvgIpc) is 2.70. The van der Waals surface area contributed by atoms with Gasteiger partial charge in [-0.2, -0.15) is 0 Å². The maximum atomic E-state index is 10.8. The third kappa shape index (κ3) is 3.55. The molecule has 0 aliphatic carbocycles. The van der Waals surface area contributed by atoms with Gasteiger partial charge in [0.15, 0.2) is 0 Å². The Kier molecular flexibility index (Phi) is 4.67. The number of amides is 1. The first-order chi connectivity index (χ1) is 7.95. The molecule has 0 radical (unpaired) electrons. The van der Waals surface area contributed by atoms with E-state index in [1.54, 1.807) is 0 Å². The lowest BCUT2D eigenvalue weighted by atomic mass is 10.2. The standard InChI is InChI=1S/C9H16N2O6/c10-2-5(12)4-17-6-1-7(8(13)14)11(3-6)9(15)16/h5-7,12H,1-4,10H2,(H,13,14)(H,15,16)/t5?,6-,7-/m1/s1. The highest BCUT2D eigenvalue weighted by molar-refractivity contribution is 5.80. The van der Waals surface area contributed by atoms with Crippen LogP contribution in [0.1, 0.15) is 6.42 Å². The van der Waals surface area contributed by atoms with Gasteiger partial charge >= 0.3 is 12.1 Å². The second-order valence-corrected chi connectivity index (χ2v) is 3.87. The molecule has 1 rings (SSSR count). The van der Waals surface area contributed by atoms with E-state index in [4.69, 9.17) is 20.7 Å². The van der Waals surface area contributed by atoms with Gasteiger partial charge in [-0.15, -0.1) is 0 Å². The molecule has 17 heavy (non-hydrogen) atoms. The Morgan fingerprint density at radius 2 is 2.12 bits per heavy atom. The van der Waals surface area contributed by atoms with Crippen LogP contribution in [0.3, 0.4) is 0 Å². The van der Waals surface area contributed by atoms with Gasteiger partial charge < -0.3 is 25.8 Å². The molecule has 8 nitrogen and oxygen atoms in total. The summed E-state index contributed by atoms with van der Waals surface area (Å²) in [6, 6.07) is -1.09. The second-order valence-electron chi connectivity index (χ2n) is 3.87. The van der Waals surface area contributed by atoms with Crippen LogP contribution in [0.15, 0.2) is 0 Å². The minimum Gasteiger partial charge on any atom is -0.480 e. The summed E-state index contributed by atoms with van der Waals surface area (Å²) in [7, 11) is 0. The topological polar surface area (TPSA) is 133 Å². The first kappa shape index (κ1) is 13.7. The molecule has 3 atom stereocenters. The summed E-state index contributed by atoms with van der Waals surface area (Å²) in [5, 5.41) is 26.8. The second kappa shape index (κ2) is 5.80. The number of nitrogens with zero attached hydrogens (tertiary/aromatic N) is 1. The molecule has 1 fully saturated rings. The number of rotatable bonds is 5. The number of carboxylic acids is 1. The van der Waals surface area contributed by atoms with Gasteiger partial charge in [0.25, 0.3) is 0 Å². The van der Waals surface area contributed by atoms with E-state index in [1.807, 2.05) is 0 Å². The summed E-state index contributed by atoms with van der Waals surface area (Å²) in [6.07, 6.45) is -2.55. The van der Waals surface area contributed by atoms with E-state index in [1.165, 1.54) is 0 Å². The Balaban J connectivity index is 2.51. The number of aliphatic carboxylic acids is 1. The summed E-state index contributed by atoms with van der Waals surface area (Å²) in [5.74, 6) is -1.20. The van der Waals surface area contributed by atoms with Crippen molar-refractivity contribution in [3.63, 3.8) is 0 Å². The molecular formula is C9H16N2O6. The molecule has 0 aromatic carbocycles. The first-order valence-corrected chi connectivity index (χ1v) is 5.17. The zero-order valence-electron chi connectivity index (χ0n) is 9.15. The maximum Gasteiger partial charge on any atom is 0.408 e. The van der Waals surface area contributed by atoms with Crippen LogP contribution in [-0.2, 0) is 9.53 Å². The Bertz CT molecular complexity index is 275. The molecule has 98 valence electrons. The van der Waals surface area contributed by atoms with Gasteiger partial charge in [0.1, 0.15) is 6.04 Å². The van der Waals surface area contributed by atoms with Crippen LogP contribution >= 0.6 is 0 Å². The third-order valence-corrected chi connectivity index (χ3v) is 2.59. The van der Waals surface area contributed by atoms with Crippen molar-refractivity contribution in [1.82, 2.24) is 4.90 Å². The van der Waals surface area contributed by atoms with E-state index in [0.717, 1.165) is 4.90 Å². The zero-order chi connectivity index (χ0) is 13.0. The largest absolute Gasteiger partial charge is 0.480 e. The van der Waals surface area contributed by atoms with Crippen molar-refractivity contribution in [2.45, 2.75) is 24.7 Å². The van der Waals surface area contributed by atoms with Crippen LogP contribution in [-0.4, -0.2) is 70.2 Å². The van der Waals surface area contributed by atoms with Gasteiger partial charge in [-0.3, -0.25) is 4.90 Å². The van der Waals surface area contributed by atoms with Gasteiger partial charge in [-0.05, 0) is 0 Å². The molecule has 8 heteroatoms. The smallest absolute Gasteiger partial charge is 0.408 e. The van der Waals surface area contributed by atoms with Crippen molar-refractivity contribution in [1.29, 1.82) is 0 Å². The highest BCUT2D eigenvalue weighted by Crippen LogP contribution is 2.20. The highest BCUT2D eigenvalue weighted by Gasteiger charge is 2.40. The molecule has 0 saturated carbocycles. The maximum absolute atomic E-state index is 10.8. The zero-order valence-corrected chi connectivity index (χ0v) is 9.15. The molecule has 0 spiro atoms. The van der Waals surface area contributed by atoms with Crippen LogP contribution in [0.4, 0.5) is 4.79 Å². The quantitative estimate of drug-likeness (QED) is 0.466. The van der Waals surface area contributed by atoms with Gasteiger partial charge in [0.2, 0.25) is 0 Å². The molecule has 5 N–H and O–H groups in total. The first-order valence-electron chi connectivity index (χ1n) is 5.17. The lowest BCUT2D eigenvalue weighted by Crippen LogP contribution is -2.39. The number of carbonyl (C=O) groups is 2. The Morgan fingerprint density at radius 3 is 2.53 bits per heavy atom. The number of hydrogen-bond donors (Lipinski definition) is 4. The fourth-order valence-electron chi connectivity index (χ4n) is 1.68. The normalized spacial score (nSPS) is 25.9. The number of hydrogen-bond acceptors (Lipinski definition) is 5. The molecule has 0 aromatic rings. The van der Waals surface area contributed by atoms with Gasteiger partial charge in [-0.25, -0.2) is 9.59 Å². The molecule has 0 aromatic heterocycles. The number of aliphatic hydroxyl groups is 1. The van der Waals surface area contributed by atoms with Crippen molar-refractivity contribution in [3.8, 4) is 0 Å². The summed E-state index contributed by atoms with van der Waals surface area (Å²) >= 11 is 0. The molecule has 1 saturated heterocycles. The predicted molar refractivity (Wildman–Crippen MR) is 55.6 cm³/mol. The Labute approximate surface area is 97.6 Å². The highest BCUT2D eigenvalue weighted by atomic mass is 16.5. The SMILES string of the molecule is NCC(O)CO[C@@H]1C[C@H](C(=O)O)N(C(=O)O)C1. The average molecular weight is 248 g/mol. The van der Waals surface area contributed by atoms with Gasteiger partial charge in [0.05, 0.1) is 25.4 Å². The van der Waals surface area contributed by atoms with Crippen molar-refractivity contribution < 1.29 is 29.6 Å². The summed E-state index contributed by atoms with van der Waals surface area (Å²) in [5.41, 5.74) is 5.18. The van der Waals surface area contributed by atoms with E-state index >= 15 is 0 Å². The number of ether oxygens (including phenoxy) is 1. The molecule has 1 aliphatic heterocycles. The molecule has 1 aliphatic rings. The number of likely N-dealkylation sites (tertiary alicyclic amines) is 1. The van der Waals surface area contributed by atoms with E-state index in [2.05, 4.69) is 0 Å². The van der Waals surface area contributed by atoms with Crippen LogP contribution < -0.4 is 5.73 Å². The number of aliphatic hydroxyl groups excluding tert-OH is 1.